The number of benzene rings is 1. The van der Waals surface area contributed by atoms with Crippen LogP contribution in [0.25, 0.3) is 0 Å². The topological polar surface area (TPSA) is 34.1 Å². The highest BCUT2D eigenvalue weighted by Gasteiger charge is 2.22. The van der Waals surface area contributed by atoms with E-state index >= 15 is 0 Å². The Balaban J connectivity index is 3.55. The molecular formula is C15H25BrO2P2. The van der Waals surface area contributed by atoms with Crippen molar-refractivity contribution in [2.75, 3.05) is 26.7 Å². The fourth-order valence-electron chi connectivity index (χ4n) is 2.43. The van der Waals surface area contributed by atoms with Gasteiger partial charge in [0, 0.05) is 16.8 Å². The normalized spacial score (nSPS) is 12.8. The van der Waals surface area contributed by atoms with Crippen molar-refractivity contribution in [3.05, 3.63) is 32.3 Å². The van der Waals surface area contributed by atoms with Crippen LogP contribution in [0, 0.1) is 20.8 Å². The second-order valence-electron chi connectivity index (χ2n) is 6.61. The van der Waals surface area contributed by atoms with Crippen molar-refractivity contribution in [3.63, 3.8) is 0 Å². The van der Waals surface area contributed by atoms with Gasteiger partial charge in [0.15, 0.2) is 0 Å². The molecule has 114 valence electrons. The molecule has 1 aromatic carbocycles. The first-order chi connectivity index (χ1) is 8.83. The summed E-state index contributed by atoms with van der Waals surface area (Å²) in [5, 5.41) is 0. The Labute approximate surface area is 131 Å². The standard InChI is InChI=1S/C15H25BrO2P2/c1-10-11(2)15(16)14(9-20(6,7)18)12(3)13(10)8-19(4,5)17/h8-9H2,1-7H3. The van der Waals surface area contributed by atoms with E-state index in [4.69, 9.17) is 0 Å². The van der Waals surface area contributed by atoms with Crippen LogP contribution in [0.4, 0.5) is 0 Å². The molecule has 0 aliphatic carbocycles. The first kappa shape index (κ1) is 18.2. The van der Waals surface area contributed by atoms with Gasteiger partial charge in [0.2, 0.25) is 0 Å². The minimum atomic E-state index is -2.15. The van der Waals surface area contributed by atoms with Gasteiger partial charge in [-0.25, -0.2) is 0 Å². The van der Waals surface area contributed by atoms with Crippen molar-refractivity contribution in [3.8, 4) is 0 Å². The predicted molar refractivity (Wildman–Crippen MR) is 94.7 cm³/mol. The lowest BCUT2D eigenvalue weighted by Crippen LogP contribution is -2.04. The van der Waals surface area contributed by atoms with Crippen molar-refractivity contribution in [2.45, 2.75) is 33.1 Å². The van der Waals surface area contributed by atoms with Crippen LogP contribution in [0.3, 0.4) is 0 Å². The van der Waals surface area contributed by atoms with E-state index in [0.717, 1.165) is 15.6 Å². The maximum atomic E-state index is 12.2. The molecule has 0 saturated heterocycles. The molecule has 0 aliphatic rings. The molecule has 0 atom stereocenters. The molecular weight excluding hydrogens is 354 g/mol. The third-order valence-electron chi connectivity index (χ3n) is 3.59. The quantitative estimate of drug-likeness (QED) is 0.637. The summed E-state index contributed by atoms with van der Waals surface area (Å²) in [7, 11) is -4.28. The molecule has 1 rings (SSSR count). The molecule has 0 radical (unpaired) electrons. The maximum absolute atomic E-state index is 12.2. The molecule has 0 fully saturated rings. The lowest BCUT2D eigenvalue weighted by molar-refractivity contribution is 0.581. The van der Waals surface area contributed by atoms with Gasteiger partial charge in [0.25, 0.3) is 0 Å². The molecule has 5 heteroatoms. The number of hydrogen-bond donors (Lipinski definition) is 0. The van der Waals surface area contributed by atoms with Crippen LogP contribution < -0.4 is 0 Å². The number of hydrogen-bond acceptors (Lipinski definition) is 2. The zero-order valence-electron chi connectivity index (χ0n) is 13.5. The Bertz CT molecular complexity index is 572. The van der Waals surface area contributed by atoms with Crippen molar-refractivity contribution in [1.82, 2.24) is 0 Å². The SMILES string of the molecule is Cc1c(C)c(CP(C)(C)=O)c(C)c(CP(C)(C)=O)c1Br. The second-order valence-corrected chi connectivity index (χ2v) is 14.3. The molecule has 0 spiro atoms. The molecule has 0 amide bonds. The average molecular weight is 379 g/mol. The minimum Gasteiger partial charge on any atom is -0.324 e. The van der Waals surface area contributed by atoms with E-state index in [-0.39, 0.29) is 0 Å². The molecule has 20 heavy (non-hydrogen) atoms. The van der Waals surface area contributed by atoms with Crippen LogP contribution in [0.15, 0.2) is 4.47 Å². The fraction of sp³-hybridized carbons (Fsp3) is 0.600. The molecule has 0 heterocycles. The van der Waals surface area contributed by atoms with Crippen molar-refractivity contribution >= 4 is 30.2 Å². The summed E-state index contributed by atoms with van der Waals surface area (Å²) in [6, 6.07) is 0. The highest BCUT2D eigenvalue weighted by atomic mass is 79.9. The third kappa shape index (κ3) is 4.58. The maximum Gasteiger partial charge on any atom is 0.0861 e. The Morgan fingerprint density at radius 2 is 1.15 bits per heavy atom. The summed E-state index contributed by atoms with van der Waals surface area (Å²) in [6.45, 7) is 13.5. The molecule has 0 bridgehead atoms. The summed E-state index contributed by atoms with van der Waals surface area (Å²) in [5.74, 6) is 0. The molecule has 0 aliphatic heterocycles. The van der Waals surface area contributed by atoms with Gasteiger partial charge < -0.3 is 9.13 Å². The monoisotopic (exact) mass is 378 g/mol. The van der Waals surface area contributed by atoms with Crippen LogP contribution in [0.1, 0.15) is 27.8 Å². The van der Waals surface area contributed by atoms with E-state index in [1.165, 1.54) is 16.7 Å². The number of halogens is 1. The van der Waals surface area contributed by atoms with E-state index in [1.54, 1.807) is 0 Å². The van der Waals surface area contributed by atoms with Gasteiger partial charge >= 0.3 is 0 Å². The Morgan fingerprint density at radius 3 is 1.55 bits per heavy atom. The smallest absolute Gasteiger partial charge is 0.0861 e. The van der Waals surface area contributed by atoms with Crippen LogP contribution in [0.2, 0.25) is 0 Å². The van der Waals surface area contributed by atoms with Gasteiger partial charge in [0.1, 0.15) is 0 Å². The summed E-state index contributed by atoms with van der Waals surface area (Å²) in [5.41, 5.74) is 5.80. The van der Waals surface area contributed by atoms with E-state index in [9.17, 15) is 9.13 Å². The van der Waals surface area contributed by atoms with E-state index < -0.39 is 14.3 Å². The van der Waals surface area contributed by atoms with Crippen molar-refractivity contribution < 1.29 is 9.13 Å². The van der Waals surface area contributed by atoms with Gasteiger partial charge in [-0.05, 0) is 75.2 Å². The lowest BCUT2D eigenvalue weighted by Gasteiger charge is -2.22. The van der Waals surface area contributed by atoms with E-state index in [1.807, 2.05) is 26.7 Å². The first-order valence-corrected chi connectivity index (χ1v) is 13.0. The third-order valence-corrected chi connectivity index (χ3v) is 6.82. The van der Waals surface area contributed by atoms with Crippen LogP contribution in [0.5, 0.6) is 0 Å². The zero-order chi connectivity index (χ0) is 15.9. The van der Waals surface area contributed by atoms with E-state index in [0.29, 0.717) is 12.3 Å². The Kier molecular flexibility index (Phi) is 5.56. The molecule has 0 N–H and O–H groups in total. The fourth-order valence-corrected chi connectivity index (χ4v) is 5.78. The van der Waals surface area contributed by atoms with Crippen molar-refractivity contribution in [1.29, 1.82) is 0 Å². The summed E-state index contributed by atoms with van der Waals surface area (Å²) in [6.07, 6.45) is 1.20. The van der Waals surface area contributed by atoms with Crippen molar-refractivity contribution in [2.24, 2.45) is 0 Å². The second kappa shape index (κ2) is 6.11. The zero-order valence-corrected chi connectivity index (χ0v) is 16.9. The van der Waals surface area contributed by atoms with Gasteiger partial charge in [-0.1, -0.05) is 15.9 Å². The number of rotatable bonds is 4. The highest BCUT2D eigenvalue weighted by molar-refractivity contribution is 9.10. The van der Waals surface area contributed by atoms with Gasteiger partial charge in [-0.3, -0.25) is 0 Å². The van der Waals surface area contributed by atoms with Crippen LogP contribution in [-0.2, 0) is 21.5 Å². The molecule has 2 nitrogen and oxygen atoms in total. The predicted octanol–water partition coefficient (Wildman–Crippen LogP) is 5.62. The largest absolute Gasteiger partial charge is 0.324 e. The molecule has 0 saturated carbocycles. The lowest BCUT2D eigenvalue weighted by atomic mass is 9.95. The molecule has 0 unspecified atom stereocenters. The summed E-state index contributed by atoms with van der Waals surface area (Å²) < 4.78 is 25.5. The highest BCUT2D eigenvalue weighted by Crippen LogP contribution is 2.48. The Hall–Kier alpha value is 0.160. The average Bonchev–Trinajstić information content (AvgIpc) is 2.25. The van der Waals surface area contributed by atoms with Gasteiger partial charge in [-0.15, -0.1) is 0 Å². The van der Waals surface area contributed by atoms with E-state index in [2.05, 4.69) is 36.7 Å². The van der Waals surface area contributed by atoms with Crippen LogP contribution >= 0.6 is 30.2 Å². The summed E-state index contributed by atoms with van der Waals surface area (Å²) >= 11 is 3.66. The molecule has 1 aromatic rings. The molecule has 0 aromatic heterocycles. The van der Waals surface area contributed by atoms with Gasteiger partial charge in [0.05, 0.1) is 14.3 Å². The summed E-state index contributed by atoms with van der Waals surface area (Å²) in [4.78, 5) is 0. The van der Waals surface area contributed by atoms with Crippen LogP contribution in [-0.4, -0.2) is 26.7 Å². The Morgan fingerprint density at radius 1 is 0.750 bits per heavy atom. The first-order valence-electron chi connectivity index (χ1n) is 6.68. The van der Waals surface area contributed by atoms with Gasteiger partial charge in [-0.2, -0.15) is 0 Å². The minimum absolute atomic E-state index is 0.589.